The van der Waals surface area contributed by atoms with Crippen molar-refractivity contribution in [1.82, 2.24) is 4.90 Å². The van der Waals surface area contributed by atoms with Gasteiger partial charge in [0.05, 0.1) is 5.56 Å². The van der Waals surface area contributed by atoms with Gasteiger partial charge in [-0.2, -0.15) is 0 Å². The lowest BCUT2D eigenvalue weighted by Crippen LogP contribution is -2.34. The number of hydrogen-bond donors (Lipinski definition) is 0. The van der Waals surface area contributed by atoms with E-state index in [2.05, 4.69) is 0 Å². The van der Waals surface area contributed by atoms with Crippen LogP contribution in [-0.2, 0) is 4.79 Å². The SMILES string of the molecule is CCCCN(C)C(=O)C(=O)c1cc(F)ccc1F. The molecule has 1 amide bonds. The van der Waals surface area contributed by atoms with Crippen LogP contribution in [0.3, 0.4) is 0 Å². The molecule has 0 spiro atoms. The highest BCUT2D eigenvalue weighted by Gasteiger charge is 2.23. The average molecular weight is 255 g/mol. The molecule has 0 aliphatic rings. The van der Waals surface area contributed by atoms with Crippen molar-refractivity contribution in [3.63, 3.8) is 0 Å². The summed E-state index contributed by atoms with van der Waals surface area (Å²) < 4.78 is 26.3. The Bertz CT molecular complexity index is 460. The number of rotatable bonds is 5. The van der Waals surface area contributed by atoms with Crippen molar-refractivity contribution < 1.29 is 18.4 Å². The predicted octanol–water partition coefficient (Wildman–Crippen LogP) is 2.41. The number of halogens is 2. The minimum atomic E-state index is -1.02. The third-order valence-electron chi connectivity index (χ3n) is 2.56. The molecular weight excluding hydrogens is 240 g/mol. The standard InChI is InChI=1S/C13H15F2NO2/c1-3-4-7-16(2)13(18)12(17)10-8-9(14)5-6-11(10)15/h5-6,8H,3-4,7H2,1-2H3. The molecule has 0 aromatic heterocycles. The second-order valence-corrected chi connectivity index (χ2v) is 4.03. The van der Waals surface area contributed by atoms with E-state index in [0.29, 0.717) is 6.54 Å². The Morgan fingerprint density at radius 1 is 1.28 bits per heavy atom. The van der Waals surface area contributed by atoms with Crippen LogP contribution in [0.4, 0.5) is 8.78 Å². The molecule has 3 nitrogen and oxygen atoms in total. The molecular formula is C13H15F2NO2. The van der Waals surface area contributed by atoms with Crippen molar-refractivity contribution in [2.75, 3.05) is 13.6 Å². The maximum Gasteiger partial charge on any atom is 0.294 e. The maximum absolute atomic E-state index is 13.3. The Balaban J connectivity index is 2.86. The van der Waals surface area contributed by atoms with E-state index in [4.69, 9.17) is 0 Å². The summed E-state index contributed by atoms with van der Waals surface area (Å²) >= 11 is 0. The summed E-state index contributed by atoms with van der Waals surface area (Å²) in [5.41, 5.74) is -0.525. The van der Waals surface area contributed by atoms with Crippen molar-refractivity contribution in [2.45, 2.75) is 19.8 Å². The number of unbranched alkanes of at least 4 members (excludes halogenated alkanes) is 1. The fourth-order valence-electron chi connectivity index (χ4n) is 1.46. The smallest absolute Gasteiger partial charge is 0.294 e. The zero-order valence-corrected chi connectivity index (χ0v) is 10.4. The van der Waals surface area contributed by atoms with Crippen LogP contribution in [0.1, 0.15) is 30.1 Å². The zero-order chi connectivity index (χ0) is 13.7. The minimum Gasteiger partial charge on any atom is -0.339 e. The first-order valence-corrected chi connectivity index (χ1v) is 5.72. The van der Waals surface area contributed by atoms with Crippen LogP contribution in [0.5, 0.6) is 0 Å². The molecule has 0 radical (unpaired) electrons. The molecule has 5 heteroatoms. The van der Waals surface area contributed by atoms with E-state index >= 15 is 0 Å². The lowest BCUT2D eigenvalue weighted by molar-refractivity contribution is -0.125. The highest BCUT2D eigenvalue weighted by Crippen LogP contribution is 2.11. The Hall–Kier alpha value is -1.78. The lowest BCUT2D eigenvalue weighted by atomic mass is 10.1. The van der Waals surface area contributed by atoms with Gasteiger partial charge in [-0.05, 0) is 24.6 Å². The van der Waals surface area contributed by atoms with E-state index in [0.717, 1.165) is 31.0 Å². The van der Waals surface area contributed by atoms with Crippen LogP contribution in [0, 0.1) is 11.6 Å². The van der Waals surface area contributed by atoms with Gasteiger partial charge in [-0.25, -0.2) is 8.78 Å². The first-order valence-electron chi connectivity index (χ1n) is 5.72. The highest BCUT2D eigenvalue weighted by atomic mass is 19.1. The van der Waals surface area contributed by atoms with Gasteiger partial charge >= 0.3 is 0 Å². The number of ketones is 1. The molecule has 1 aromatic carbocycles. The minimum absolute atomic E-state index is 0.415. The van der Waals surface area contributed by atoms with Gasteiger partial charge in [0.25, 0.3) is 11.7 Å². The normalized spacial score (nSPS) is 10.2. The van der Waals surface area contributed by atoms with Gasteiger partial charge in [0.1, 0.15) is 11.6 Å². The molecule has 0 unspecified atom stereocenters. The number of likely N-dealkylation sites (N-methyl/N-ethyl adjacent to an activating group) is 1. The average Bonchev–Trinajstić information content (AvgIpc) is 2.37. The van der Waals surface area contributed by atoms with E-state index in [1.807, 2.05) is 6.92 Å². The third-order valence-corrected chi connectivity index (χ3v) is 2.56. The summed E-state index contributed by atoms with van der Waals surface area (Å²) in [6.07, 6.45) is 1.63. The molecule has 1 aromatic rings. The van der Waals surface area contributed by atoms with Gasteiger partial charge in [-0.1, -0.05) is 13.3 Å². The fourth-order valence-corrected chi connectivity index (χ4v) is 1.46. The number of Topliss-reactive ketones (excluding diaryl/α,β-unsaturated/α-hetero) is 1. The van der Waals surface area contributed by atoms with Gasteiger partial charge in [-0.3, -0.25) is 9.59 Å². The molecule has 0 fully saturated rings. The number of amides is 1. The number of carbonyl (C=O) groups excluding carboxylic acids is 2. The summed E-state index contributed by atoms with van der Waals surface area (Å²) in [7, 11) is 1.47. The van der Waals surface area contributed by atoms with Crippen LogP contribution in [0.15, 0.2) is 18.2 Å². The van der Waals surface area contributed by atoms with Crippen LogP contribution < -0.4 is 0 Å². The Morgan fingerprint density at radius 2 is 1.94 bits per heavy atom. The first kappa shape index (κ1) is 14.3. The summed E-state index contributed by atoms with van der Waals surface area (Å²) in [5.74, 6) is -3.49. The van der Waals surface area contributed by atoms with Crippen LogP contribution >= 0.6 is 0 Å². The summed E-state index contributed by atoms with van der Waals surface area (Å²) in [5, 5.41) is 0. The van der Waals surface area contributed by atoms with Crippen molar-refractivity contribution in [3.05, 3.63) is 35.4 Å². The Kier molecular flexibility index (Phi) is 4.95. The Morgan fingerprint density at radius 3 is 2.56 bits per heavy atom. The van der Waals surface area contributed by atoms with E-state index in [1.165, 1.54) is 11.9 Å². The summed E-state index contributed by atoms with van der Waals surface area (Å²) in [4.78, 5) is 24.6. The molecule has 18 heavy (non-hydrogen) atoms. The van der Waals surface area contributed by atoms with Gasteiger partial charge in [-0.15, -0.1) is 0 Å². The van der Waals surface area contributed by atoms with Crippen molar-refractivity contribution in [1.29, 1.82) is 0 Å². The summed E-state index contributed by atoms with van der Waals surface area (Å²) in [6.45, 7) is 2.37. The molecule has 0 bridgehead atoms. The van der Waals surface area contributed by atoms with Crippen LogP contribution in [0.25, 0.3) is 0 Å². The molecule has 0 aliphatic carbocycles. The maximum atomic E-state index is 13.3. The molecule has 0 atom stereocenters. The number of nitrogens with zero attached hydrogens (tertiary/aromatic N) is 1. The monoisotopic (exact) mass is 255 g/mol. The van der Waals surface area contributed by atoms with Gasteiger partial charge in [0.2, 0.25) is 0 Å². The van der Waals surface area contributed by atoms with E-state index in [9.17, 15) is 18.4 Å². The van der Waals surface area contributed by atoms with Crippen LogP contribution in [0.2, 0.25) is 0 Å². The fraction of sp³-hybridized carbons (Fsp3) is 0.385. The Labute approximate surface area is 104 Å². The van der Waals surface area contributed by atoms with Gasteiger partial charge in [0, 0.05) is 13.6 Å². The topological polar surface area (TPSA) is 37.4 Å². The van der Waals surface area contributed by atoms with E-state index in [-0.39, 0.29) is 0 Å². The number of hydrogen-bond acceptors (Lipinski definition) is 2. The molecule has 0 N–H and O–H groups in total. The molecule has 0 saturated carbocycles. The molecule has 0 aliphatic heterocycles. The summed E-state index contributed by atoms with van der Waals surface area (Å²) in [6, 6.07) is 2.47. The zero-order valence-electron chi connectivity index (χ0n) is 10.4. The molecule has 0 saturated heterocycles. The van der Waals surface area contributed by atoms with Crippen molar-refractivity contribution >= 4 is 11.7 Å². The highest BCUT2D eigenvalue weighted by molar-refractivity contribution is 6.42. The number of benzene rings is 1. The molecule has 98 valence electrons. The van der Waals surface area contributed by atoms with Gasteiger partial charge < -0.3 is 4.90 Å². The largest absolute Gasteiger partial charge is 0.339 e. The van der Waals surface area contributed by atoms with Crippen LogP contribution in [-0.4, -0.2) is 30.2 Å². The van der Waals surface area contributed by atoms with Crippen molar-refractivity contribution in [3.8, 4) is 0 Å². The van der Waals surface area contributed by atoms with Gasteiger partial charge in [0.15, 0.2) is 0 Å². The second-order valence-electron chi connectivity index (χ2n) is 4.03. The molecule has 1 rings (SSSR count). The number of carbonyl (C=O) groups is 2. The second kappa shape index (κ2) is 6.23. The third kappa shape index (κ3) is 3.35. The van der Waals surface area contributed by atoms with Crippen molar-refractivity contribution in [2.24, 2.45) is 0 Å². The lowest BCUT2D eigenvalue weighted by Gasteiger charge is -2.15. The van der Waals surface area contributed by atoms with E-state index in [1.54, 1.807) is 0 Å². The van der Waals surface area contributed by atoms with E-state index < -0.39 is 28.9 Å². The first-order chi connectivity index (χ1) is 8.47. The predicted molar refractivity (Wildman–Crippen MR) is 63.2 cm³/mol. The quantitative estimate of drug-likeness (QED) is 0.598. The molecule has 0 heterocycles.